The van der Waals surface area contributed by atoms with Gasteiger partial charge in [-0.1, -0.05) is 0 Å². The SMILES string of the molecule is COc1cc(CNC(=O)c2ccc(Cn3nc(C)cc3C)o2)cc(OC)c1OC. The minimum atomic E-state index is -0.307. The fourth-order valence-corrected chi connectivity index (χ4v) is 3.07. The number of nitrogens with one attached hydrogen (secondary N) is 1. The Morgan fingerprint density at radius 3 is 2.31 bits per heavy atom. The van der Waals surface area contributed by atoms with Gasteiger partial charge in [0.25, 0.3) is 5.91 Å². The van der Waals surface area contributed by atoms with Crippen molar-refractivity contribution in [1.82, 2.24) is 15.1 Å². The maximum atomic E-state index is 12.5. The van der Waals surface area contributed by atoms with Crippen molar-refractivity contribution in [2.75, 3.05) is 21.3 Å². The minimum absolute atomic E-state index is 0.244. The van der Waals surface area contributed by atoms with Gasteiger partial charge in [0.1, 0.15) is 5.76 Å². The molecule has 0 aliphatic heterocycles. The second-order valence-electron chi connectivity index (χ2n) is 6.57. The Kier molecular flexibility index (Phi) is 6.11. The molecule has 3 aromatic rings. The maximum absolute atomic E-state index is 12.5. The summed E-state index contributed by atoms with van der Waals surface area (Å²) in [5.74, 6) is 2.16. The Morgan fingerprint density at radius 1 is 1.07 bits per heavy atom. The Morgan fingerprint density at radius 2 is 1.76 bits per heavy atom. The summed E-state index contributed by atoms with van der Waals surface area (Å²) in [7, 11) is 4.64. The molecule has 0 radical (unpaired) electrons. The Balaban J connectivity index is 1.67. The zero-order valence-electron chi connectivity index (χ0n) is 17.2. The summed E-state index contributed by atoms with van der Waals surface area (Å²) in [5.41, 5.74) is 2.78. The highest BCUT2D eigenvalue weighted by Gasteiger charge is 2.16. The van der Waals surface area contributed by atoms with E-state index >= 15 is 0 Å². The third kappa shape index (κ3) is 4.53. The second kappa shape index (κ2) is 8.72. The number of hydrogen-bond donors (Lipinski definition) is 1. The van der Waals surface area contributed by atoms with Gasteiger partial charge in [0.2, 0.25) is 5.75 Å². The molecule has 0 saturated heterocycles. The highest BCUT2D eigenvalue weighted by molar-refractivity contribution is 5.91. The summed E-state index contributed by atoms with van der Waals surface area (Å²) in [6.07, 6.45) is 0. The minimum Gasteiger partial charge on any atom is -0.493 e. The van der Waals surface area contributed by atoms with Crippen molar-refractivity contribution in [1.29, 1.82) is 0 Å². The quantitative estimate of drug-likeness (QED) is 0.626. The number of carbonyl (C=O) groups excluding carboxylic acids is 1. The van der Waals surface area contributed by atoms with Crippen LogP contribution in [0.4, 0.5) is 0 Å². The van der Waals surface area contributed by atoms with Crippen LogP contribution in [0, 0.1) is 13.8 Å². The van der Waals surface area contributed by atoms with Gasteiger partial charge in [0.15, 0.2) is 17.3 Å². The highest BCUT2D eigenvalue weighted by Crippen LogP contribution is 2.38. The van der Waals surface area contributed by atoms with Crippen molar-refractivity contribution in [3.63, 3.8) is 0 Å². The van der Waals surface area contributed by atoms with Gasteiger partial charge in [-0.3, -0.25) is 9.48 Å². The lowest BCUT2D eigenvalue weighted by atomic mass is 10.1. The van der Waals surface area contributed by atoms with Crippen molar-refractivity contribution < 1.29 is 23.4 Å². The number of furan rings is 1. The van der Waals surface area contributed by atoms with E-state index < -0.39 is 0 Å². The topological polar surface area (TPSA) is 87.8 Å². The zero-order chi connectivity index (χ0) is 21.0. The van der Waals surface area contributed by atoms with Crippen molar-refractivity contribution >= 4 is 5.91 Å². The van der Waals surface area contributed by atoms with E-state index in [9.17, 15) is 4.79 Å². The largest absolute Gasteiger partial charge is 0.493 e. The summed E-state index contributed by atoms with van der Waals surface area (Å²) >= 11 is 0. The molecule has 0 saturated carbocycles. The fourth-order valence-electron chi connectivity index (χ4n) is 3.07. The fraction of sp³-hybridized carbons (Fsp3) is 0.333. The van der Waals surface area contributed by atoms with E-state index in [1.54, 1.807) is 45.6 Å². The first-order chi connectivity index (χ1) is 13.9. The van der Waals surface area contributed by atoms with Crippen molar-refractivity contribution in [2.45, 2.75) is 26.9 Å². The number of amides is 1. The molecule has 0 fully saturated rings. The van der Waals surface area contributed by atoms with Crippen LogP contribution in [0.2, 0.25) is 0 Å². The van der Waals surface area contributed by atoms with Crippen LogP contribution in [-0.2, 0) is 13.1 Å². The van der Waals surface area contributed by atoms with E-state index in [4.69, 9.17) is 18.6 Å². The van der Waals surface area contributed by atoms with Gasteiger partial charge in [0, 0.05) is 12.2 Å². The van der Waals surface area contributed by atoms with Crippen LogP contribution in [0.5, 0.6) is 17.2 Å². The van der Waals surface area contributed by atoms with Crippen LogP contribution in [0.25, 0.3) is 0 Å². The van der Waals surface area contributed by atoms with Crippen LogP contribution < -0.4 is 19.5 Å². The van der Waals surface area contributed by atoms with E-state index in [-0.39, 0.29) is 18.2 Å². The number of rotatable bonds is 8. The lowest BCUT2D eigenvalue weighted by Gasteiger charge is -2.14. The monoisotopic (exact) mass is 399 g/mol. The zero-order valence-corrected chi connectivity index (χ0v) is 17.2. The molecule has 8 heteroatoms. The van der Waals surface area contributed by atoms with E-state index in [1.165, 1.54) is 0 Å². The van der Waals surface area contributed by atoms with E-state index in [0.717, 1.165) is 17.0 Å². The van der Waals surface area contributed by atoms with Crippen molar-refractivity contribution in [3.8, 4) is 17.2 Å². The Hall–Kier alpha value is -3.42. The number of carbonyl (C=O) groups is 1. The van der Waals surface area contributed by atoms with Crippen LogP contribution >= 0.6 is 0 Å². The van der Waals surface area contributed by atoms with Crippen molar-refractivity contribution in [3.05, 3.63) is 58.8 Å². The molecular weight excluding hydrogens is 374 g/mol. The molecule has 0 atom stereocenters. The van der Waals surface area contributed by atoms with Crippen molar-refractivity contribution in [2.24, 2.45) is 0 Å². The number of aromatic nitrogens is 2. The van der Waals surface area contributed by atoms with Gasteiger partial charge in [0.05, 0.1) is 33.6 Å². The number of methoxy groups -OCH3 is 3. The summed E-state index contributed by atoms with van der Waals surface area (Å²) in [4.78, 5) is 12.5. The van der Waals surface area contributed by atoms with Gasteiger partial charge in [-0.2, -0.15) is 5.10 Å². The van der Waals surface area contributed by atoms with E-state index in [2.05, 4.69) is 10.4 Å². The summed E-state index contributed by atoms with van der Waals surface area (Å²) in [6, 6.07) is 9.01. The van der Waals surface area contributed by atoms with Crippen LogP contribution in [0.3, 0.4) is 0 Å². The molecule has 29 heavy (non-hydrogen) atoms. The first-order valence-electron chi connectivity index (χ1n) is 9.12. The molecule has 2 heterocycles. The molecule has 0 spiro atoms. The van der Waals surface area contributed by atoms with Gasteiger partial charge in [-0.25, -0.2) is 0 Å². The Bertz CT molecular complexity index is 981. The molecule has 1 aromatic carbocycles. The third-order valence-electron chi connectivity index (χ3n) is 4.47. The molecule has 8 nitrogen and oxygen atoms in total. The molecule has 0 bridgehead atoms. The molecule has 1 amide bonds. The lowest BCUT2D eigenvalue weighted by molar-refractivity contribution is 0.0921. The average Bonchev–Trinajstić information content (AvgIpc) is 3.31. The van der Waals surface area contributed by atoms with Crippen LogP contribution in [-0.4, -0.2) is 37.0 Å². The first kappa shape index (κ1) is 20.3. The highest BCUT2D eigenvalue weighted by atomic mass is 16.5. The first-order valence-corrected chi connectivity index (χ1v) is 9.12. The summed E-state index contributed by atoms with van der Waals surface area (Å²) in [5, 5.41) is 7.25. The number of ether oxygens (including phenoxy) is 3. The van der Waals surface area contributed by atoms with Gasteiger partial charge >= 0.3 is 0 Å². The molecular formula is C21H25N3O5. The third-order valence-corrected chi connectivity index (χ3v) is 4.47. The predicted molar refractivity (Wildman–Crippen MR) is 107 cm³/mol. The van der Waals surface area contributed by atoms with E-state index in [0.29, 0.717) is 29.6 Å². The molecule has 0 aliphatic rings. The van der Waals surface area contributed by atoms with Gasteiger partial charge < -0.3 is 23.9 Å². The molecule has 0 aliphatic carbocycles. The van der Waals surface area contributed by atoms with Gasteiger partial charge in [-0.05, 0) is 49.7 Å². The maximum Gasteiger partial charge on any atom is 0.287 e. The number of aryl methyl sites for hydroxylation is 2. The number of nitrogens with zero attached hydrogens (tertiary/aromatic N) is 2. The average molecular weight is 399 g/mol. The van der Waals surface area contributed by atoms with Crippen LogP contribution in [0.1, 0.15) is 33.3 Å². The smallest absolute Gasteiger partial charge is 0.287 e. The molecule has 0 unspecified atom stereocenters. The summed E-state index contributed by atoms with van der Waals surface area (Å²) < 4.78 is 23.5. The predicted octanol–water partition coefficient (Wildman–Crippen LogP) is 3.10. The lowest BCUT2D eigenvalue weighted by Crippen LogP contribution is -2.22. The molecule has 1 N–H and O–H groups in total. The second-order valence-corrected chi connectivity index (χ2v) is 6.57. The molecule has 3 rings (SSSR count). The van der Waals surface area contributed by atoms with Gasteiger partial charge in [-0.15, -0.1) is 0 Å². The van der Waals surface area contributed by atoms with E-state index in [1.807, 2.05) is 24.6 Å². The normalized spacial score (nSPS) is 10.7. The molecule has 2 aromatic heterocycles. The number of benzene rings is 1. The van der Waals surface area contributed by atoms with Crippen LogP contribution in [0.15, 0.2) is 34.7 Å². The number of hydrogen-bond acceptors (Lipinski definition) is 6. The standard InChI is InChI=1S/C21H25N3O5/c1-13-8-14(2)24(23-13)12-16-6-7-17(29-16)21(25)22-11-15-9-18(26-3)20(28-5)19(10-15)27-4/h6-10H,11-12H2,1-5H3,(H,22,25). The Labute approximate surface area is 169 Å². The molecule has 154 valence electrons. The summed E-state index contributed by atoms with van der Waals surface area (Å²) in [6.45, 7) is 4.67.